The zero-order valence-electron chi connectivity index (χ0n) is 22.3. The molecule has 12 nitrogen and oxygen atoms in total. The number of rotatable bonds is 6. The normalized spacial score (nSPS) is 10.9. The van der Waals surface area contributed by atoms with Crippen molar-refractivity contribution in [3.05, 3.63) is 99.6 Å². The van der Waals surface area contributed by atoms with Crippen LogP contribution in [0.2, 0.25) is 0 Å². The van der Waals surface area contributed by atoms with E-state index in [1.54, 1.807) is 60.7 Å². The van der Waals surface area contributed by atoms with E-state index in [0.717, 1.165) is 0 Å². The summed E-state index contributed by atoms with van der Waals surface area (Å²) in [4.78, 5) is 49.0. The van der Waals surface area contributed by atoms with E-state index in [9.17, 15) is 18.8 Å². The van der Waals surface area contributed by atoms with Gasteiger partial charge >= 0.3 is 17.4 Å². The number of H-pyrrole nitrogens is 4. The van der Waals surface area contributed by atoms with Crippen LogP contribution in [0.5, 0.6) is 5.75 Å². The second-order valence-electron chi connectivity index (χ2n) is 9.38. The molecule has 0 atom stereocenters. The molecule has 0 aliphatic rings. The quantitative estimate of drug-likeness (QED) is 0.120. The maximum atomic E-state index is 13.3. The van der Waals surface area contributed by atoms with Gasteiger partial charge in [-0.15, -0.1) is 0 Å². The zero-order valence-corrected chi connectivity index (χ0v) is 23.2. The Morgan fingerprint density at radius 2 is 1.42 bits per heavy atom. The van der Waals surface area contributed by atoms with E-state index in [0.29, 0.717) is 61.7 Å². The number of fused-ring (bicyclic) bond motifs is 2. The number of aromatic nitrogens is 4. The molecule has 2 amide bonds. The summed E-state index contributed by atoms with van der Waals surface area (Å²) in [6.45, 7) is 0. The number of para-hydroxylation sites is 2. The number of imidazole rings is 2. The number of halogens is 1. The predicted octanol–water partition coefficient (Wildman–Crippen LogP) is 5.29. The van der Waals surface area contributed by atoms with Gasteiger partial charge in [-0.25, -0.2) is 18.8 Å². The minimum absolute atomic E-state index is 0.206. The molecule has 14 heteroatoms. The molecule has 43 heavy (non-hydrogen) atoms. The Morgan fingerprint density at radius 1 is 0.744 bits per heavy atom. The number of methoxy groups -OCH3 is 1. The maximum absolute atomic E-state index is 13.3. The monoisotopic (exact) mass is 598 g/mol. The molecule has 0 unspecified atom stereocenters. The van der Waals surface area contributed by atoms with E-state index in [2.05, 4.69) is 41.2 Å². The van der Waals surface area contributed by atoms with Crippen LogP contribution >= 0.6 is 12.2 Å². The van der Waals surface area contributed by atoms with Crippen molar-refractivity contribution in [2.75, 3.05) is 28.4 Å². The van der Waals surface area contributed by atoms with Gasteiger partial charge in [0.05, 0.1) is 40.6 Å². The van der Waals surface area contributed by atoms with Crippen LogP contribution in [0.1, 0.15) is 0 Å². The molecule has 0 spiro atoms. The fourth-order valence-electron chi connectivity index (χ4n) is 4.75. The Kier molecular flexibility index (Phi) is 7.09. The first kappa shape index (κ1) is 27.3. The smallest absolute Gasteiger partial charge is 0.323 e. The number of thiocarbonyl (C=S) groups is 1. The van der Waals surface area contributed by atoms with E-state index >= 15 is 0 Å². The van der Waals surface area contributed by atoms with E-state index in [1.807, 2.05) is 0 Å². The molecule has 0 radical (unpaired) electrons. The van der Waals surface area contributed by atoms with Gasteiger partial charge < -0.3 is 45.9 Å². The Balaban J connectivity index is 1.42. The highest BCUT2D eigenvalue weighted by molar-refractivity contribution is 7.80. The lowest BCUT2D eigenvalue weighted by Gasteiger charge is -2.16. The summed E-state index contributed by atoms with van der Waals surface area (Å²) in [7, 11) is 1.50. The van der Waals surface area contributed by atoms with Crippen molar-refractivity contribution < 1.29 is 13.9 Å². The highest BCUT2D eigenvalue weighted by atomic mass is 32.1. The van der Waals surface area contributed by atoms with E-state index in [-0.39, 0.29) is 10.9 Å². The van der Waals surface area contributed by atoms with Gasteiger partial charge in [0.15, 0.2) is 5.11 Å². The number of ether oxygens (including phenoxy) is 1. The Bertz CT molecular complexity index is 2130. The van der Waals surface area contributed by atoms with Gasteiger partial charge in [0.2, 0.25) is 0 Å². The van der Waals surface area contributed by atoms with E-state index in [1.165, 1.54) is 19.2 Å². The number of carbonyl (C=O) groups is 1. The predicted molar refractivity (Wildman–Crippen MR) is 169 cm³/mol. The number of hydrogen-bond donors (Lipinski definition) is 8. The summed E-state index contributed by atoms with van der Waals surface area (Å²) >= 11 is 5.46. The van der Waals surface area contributed by atoms with E-state index < -0.39 is 17.4 Å². The second-order valence-corrected chi connectivity index (χ2v) is 9.79. The molecule has 0 saturated heterocycles. The molecule has 8 N–H and O–H groups in total. The van der Waals surface area contributed by atoms with Crippen molar-refractivity contribution in [1.82, 2.24) is 19.9 Å². The summed E-state index contributed by atoms with van der Waals surface area (Å²) in [6, 6.07) is 18.7. The van der Waals surface area contributed by atoms with Crippen molar-refractivity contribution in [3.63, 3.8) is 0 Å². The summed E-state index contributed by atoms with van der Waals surface area (Å²) in [5.41, 5.74) is 3.56. The maximum Gasteiger partial charge on any atom is 0.323 e. The average Bonchev–Trinajstić information content (AvgIpc) is 3.54. The number of benzene rings is 4. The topological polar surface area (TPSA) is 172 Å². The number of aromatic amines is 4. The van der Waals surface area contributed by atoms with Gasteiger partial charge in [-0.1, -0.05) is 12.1 Å². The first-order valence-electron chi connectivity index (χ1n) is 12.8. The third-order valence-corrected chi connectivity index (χ3v) is 6.75. The molecule has 4 aromatic carbocycles. The zero-order chi connectivity index (χ0) is 30.1. The number of amides is 2. The van der Waals surface area contributed by atoms with Crippen LogP contribution in [-0.2, 0) is 0 Å². The molecule has 2 aromatic heterocycles. The Labute approximate surface area is 246 Å². The molecule has 6 aromatic rings. The van der Waals surface area contributed by atoms with Crippen LogP contribution in [0.25, 0.3) is 33.2 Å². The molecule has 2 heterocycles. The highest BCUT2D eigenvalue weighted by Gasteiger charge is 2.20. The molecular weight excluding hydrogens is 575 g/mol. The molecular formula is C29H23FN8O4S. The Morgan fingerprint density at radius 3 is 2.19 bits per heavy atom. The molecule has 6 rings (SSSR count). The molecule has 0 bridgehead atoms. The largest absolute Gasteiger partial charge is 0.495 e. The number of carbonyl (C=O) groups excluding carboxylic acids is 1. The molecule has 216 valence electrons. The van der Waals surface area contributed by atoms with Crippen LogP contribution in [-0.4, -0.2) is 38.2 Å². The highest BCUT2D eigenvalue weighted by Crippen LogP contribution is 2.39. The summed E-state index contributed by atoms with van der Waals surface area (Å²) in [6.07, 6.45) is 0. The van der Waals surface area contributed by atoms with Crippen LogP contribution in [0.3, 0.4) is 0 Å². The number of hydrogen-bond acceptors (Lipinski definition) is 5. The van der Waals surface area contributed by atoms with Gasteiger partial charge in [-0.05, 0) is 72.9 Å². The molecule has 0 fully saturated rings. The average molecular weight is 599 g/mol. The summed E-state index contributed by atoms with van der Waals surface area (Å²) < 4.78 is 18.7. The van der Waals surface area contributed by atoms with Crippen molar-refractivity contribution in [2.45, 2.75) is 0 Å². The van der Waals surface area contributed by atoms with Gasteiger partial charge in [-0.2, -0.15) is 0 Å². The number of anilines is 4. The minimum atomic E-state index is -0.569. The molecule has 0 saturated carbocycles. The number of nitrogens with one attached hydrogen (secondary N) is 8. The second kappa shape index (κ2) is 11.2. The van der Waals surface area contributed by atoms with Crippen LogP contribution < -0.4 is 37.4 Å². The van der Waals surface area contributed by atoms with Gasteiger partial charge in [0, 0.05) is 22.5 Å². The first-order valence-corrected chi connectivity index (χ1v) is 13.2. The van der Waals surface area contributed by atoms with E-state index in [4.69, 9.17) is 17.0 Å². The lowest BCUT2D eigenvalue weighted by Crippen LogP contribution is -2.20. The lowest BCUT2D eigenvalue weighted by molar-refractivity contribution is 0.262. The first-order chi connectivity index (χ1) is 20.8. The van der Waals surface area contributed by atoms with Crippen molar-refractivity contribution in [1.29, 1.82) is 0 Å². The molecule has 0 aliphatic carbocycles. The standard InChI is InChI=1S/C29H23FN8O4S/c1-42-22-5-3-2-4-18(22)33-26(39)34-19-10-11-20-25(38-27(40)35-20)23(19)17-12-16(13-21-24(17)37-28(41)36-21)32-29(43)31-15-8-6-14(30)7-9-15/h2-13H,1H3,(H2,31,32,43)(H2,33,34,39)(H2,35,38,40)(H2,36,37,41). The SMILES string of the molecule is COc1ccccc1NC(=O)Nc1ccc2[nH]c(=O)[nH]c2c1-c1cc(NC(=S)Nc2ccc(F)cc2)cc2[nH]c(=O)[nH]c12. The van der Waals surface area contributed by atoms with Crippen molar-refractivity contribution in [2.24, 2.45) is 0 Å². The van der Waals surface area contributed by atoms with Crippen LogP contribution in [0, 0.1) is 5.82 Å². The van der Waals surface area contributed by atoms with Gasteiger partial charge in [-0.3, -0.25) is 0 Å². The minimum Gasteiger partial charge on any atom is -0.495 e. The van der Waals surface area contributed by atoms with Gasteiger partial charge in [0.25, 0.3) is 0 Å². The van der Waals surface area contributed by atoms with Crippen molar-refractivity contribution >= 4 is 68.2 Å². The van der Waals surface area contributed by atoms with Crippen LogP contribution in [0.4, 0.5) is 31.9 Å². The molecule has 0 aliphatic heterocycles. The number of urea groups is 1. The lowest BCUT2D eigenvalue weighted by atomic mass is 9.99. The van der Waals surface area contributed by atoms with Gasteiger partial charge in [0.1, 0.15) is 11.6 Å². The fraction of sp³-hybridized carbons (Fsp3) is 0.0345. The van der Waals surface area contributed by atoms with Crippen LogP contribution in [0.15, 0.2) is 82.4 Å². The van der Waals surface area contributed by atoms with Crippen molar-refractivity contribution in [3.8, 4) is 16.9 Å². The summed E-state index contributed by atoms with van der Waals surface area (Å²) in [5.74, 6) is 0.0906. The Hall–Kier alpha value is -5.89. The fourth-order valence-corrected chi connectivity index (χ4v) is 4.99. The third kappa shape index (κ3) is 5.67. The summed E-state index contributed by atoms with van der Waals surface area (Å²) in [5, 5.41) is 11.9. The third-order valence-electron chi connectivity index (χ3n) is 6.55.